The minimum absolute atomic E-state index is 0.245. The molecule has 2 aromatic heterocycles. The first-order valence-electron chi connectivity index (χ1n) is 6.24. The Kier molecular flexibility index (Phi) is 3.61. The smallest absolute Gasteiger partial charge is 0.266 e. The van der Waals surface area contributed by atoms with Gasteiger partial charge in [-0.05, 0) is 29.7 Å². The van der Waals surface area contributed by atoms with Crippen LogP contribution in [0.5, 0.6) is 0 Å². The van der Waals surface area contributed by atoms with E-state index >= 15 is 0 Å². The molecule has 104 valence electrons. The van der Waals surface area contributed by atoms with Gasteiger partial charge in [-0.1, -0.05) is 24.3 Å². The highest BCUT2D eigenvalue weighted by Gasteiger charge is 2.12. The molecule has 0 saturated heterocycles. The highest BCUT2D eigenvalue weighted by Crippen LogP contribution is 2.24. The first-order chi connectivity index (χ1) is 10.2. The number of nitrogens with one attached hydrogen (secondary N) is 2. The van der Waals surface area contributed by atoms with Crippen molar-refractivity contribution in [1.29, 1.82) is 0 Å². The molecular weight excluding hydrogens is 286 g/mol. The van der Waals surface area contributed by atoms with Crippen molar-refractivity contribution in [2.45, 2.75) is 0 Å². The summed E-state index contributed by atoms with van der Waals surface area (Å²) in [7, 11) is 0. The van der Waals surface area contributed by atoms with Gasteiger partial charge in [0.2, 0.25) is 0 Å². The molecule has 1 aromatic carbocycles. The second kappa shape index (κ2) is 5.72. The fraction of sp³-hybridized carbons (Fsp3) is 0. The summed E-state index contributed by atoms with van der Waals surface area (Å²) in [5.74, 6) is -0.800. The first-order valence-corrected chi connectivity index (χ1v) is 7.06. The highest BCUT2D eigenvalue weighted by atomic mass is 32.1. The summed E-state index contributed by atoms with van der Waals surface area (Å²) in [5.41, 5.74) is 4.98. The van der Waals surface area contributed by atoms with Crippen LogP contribution in [0, 0.1) is 0 Å². The number of hydrazine groups is 1. The van der Waals surface area contributed by atoms with Crippen molar-refractivity contribution in [2.75, 3.05) is 0 Å². The van der Waals surface area contributed by atoms with Crippen LogP contribution in [-0.4, -0.2) is 16.8 Å². The van der Waals surface area contributed by atoms with Crippen LogP contribution >= 0.6 is 11.3 Å². The molecule has 0 radical (unpaired) electrons. The number of aromatic nitrogens is 1. The molecule has 0 fully saturated rings. The Morgan fingerprint density at radius 1 is 0.952 bits per heavy atom. The summed E-state index contributed by atoms with van der Waals surface area (Å²) < 4.78 is 1.03. The minimum atomic E-state index is -0.454. The fourth-order valence-corrected chi connectivity index (χ4v) is 2.79. The number of pyridine rings is 1. The molecule has 3 rings (SSSR count). The second-order valence-corrected chi connectivity index (χ2v) is 5.36. The van der Waals surface area contributed by atoms with Crippen molar-refractivity contribution in [3.05, 3.63) is 65.3 Å². The lowest BCUT2D eigenvalue weighted by molar-refractivity contribution is 0.0846. The van der Waals surface area contributed by atoms with E-state index in [1.807, 2.05) is 24.3 Å². The molecule has 0 aliphatic rings. The molecule has 2 heterocycles. The van der Waals surface area contributed by atoms with Crippen LogP contribution in [0.1, 0.15) is 20.2 Å². The Balaban J connectivity index is 1.68. The molecule has 5 nitrogen and oxygen atoms in total. The van der Waals surface area contributed by atoms with Gasteiger partial charge in [0.15, 0.2) is 0 Å². The van der Waals surface area contributed by atoms with Gasteiger partial charge in [-0.3, -0.25) is 25.4 Å². The SMILES string of the molecule is O=C(NNC(=O)c1cc2ccccc2s1)c1ccccn1. The molecule has 0 spiro atoms. The van der Waals surface area contributed by atoms with E-state index in [-0.39, 0.29) is 11.6 Å². The molecule has 0 saturated carbocycles. The lowest BCUT2D eigenvalue weighted by Gasteiger charge is -2.05. The van der Waals surface area contributed by atoms with Gasteiger partial charge in [0.05, 0.1) is 4.88 Å². The second-order valence-electron chi connectivity index (χ2n) is 4.27. The highest BCUT2D eigenvalue weighted by molar-refractivity contribution is 7.20. The lowest BCUT2D eigenvalue weighted by Crippen LogP contribution is -2.41. The maximum Gasteiger partial charge on any atom is 0.288 e. The third-order valence-corrected chi connectivity index (χ3v) is 3.95. The Labute approximate surface area is 124 Å². The van der Waals surface area contributed by atoms with Crippen LogP contribution < -0.4 is 10.9 Å². The molecule has 0 unspecified atom stereocenters. The largest absolute Gasteiger partial charge is 0.288 e. The maximum absolute atomic E-state index is 12.0. The van der Waals surface area contributed by atoms with Gasteiger partial charge in [0.1, 0.15) is 5.69 Å². The zero-order valence-electron chi connectivity index (χ0n) is 10.9. The van der Waals surface area contributed by atoms with Crippen molar-refractivity contribution >= 4 is 33.2 Å². The Morgan fingerprint density at radius 3 is 2.48 bits per heavy atom. The summed E-state index contributed by atoms with van der Waals surface area (Å²) in [6.45, 7) is 0. The Hall–Kier alpha value is -2.73. The van der Waals surface area contributed by atoms with Crippen LogP contribution in [0.25, 0.3) is 10.1 Å². The summed E-state index contributed by atoms with van der Waals surface area (Å²) in [5, 5.41) is 1.00. The zero-order chi connectivity index (χ0) is 14.7. The van der Waals surface area contributed by atoms with Gasteiger partial charge < -0.3 is 0 Å². The fourth-order valence-electron chi connectivity index (χ4n) is 1.83. The monoisotopic (exact) mass is 297 g/mol. The molecule has 3 aromatic rings. The number of rotatable bonds is 2. The van der Waals surface area contributed by atoms with Crippen LogP contribution in [0.3, 0.4) is 0 Å². The van der Waals surface area contributed by atoms with E-state index in [0.717, 1.165) is 10.1 Å². The molecule has 2 N–H and O–H groups in total. The average molecular weight is 297 g/mol. The standard InChI is InChI=1S/C15H11N3O2S/c19-14(11-6-3-4-8-16-11)17-18-15(20)13-9-10-5-1-2-7-12(10)21-13/h1-9H,(H,17,19)(H,18,20). The molecule has 0 aliphatic heterocycles. The van der Waals surface area contributed by atoms with Gasteiger partial charge >= 0.3 is 0 Å². The van der Waals surface area contributed by atoms with Gasteiger partial charge in [0.25, 0.3) is 11.8 Å². The minimum Gasteiger partial charge on any atom is -0.266 e. The van der Waals surface area contributed by atoms with Crippen LogP contribution in [0.2, 0.25) is 0 Å². The molecule has 0 atom stereocenters. The van der Waals surface area contributed by atoms with E-state index in [1.54, 1.807) is 24.3 Å². The number of carbonyl (C=O) groups is 2. The number of hydrogen-bond acceptors (Lipinski definition) is 4. The van der Waals surface area contributed by atoms with Gasteiger partial charge in [-0.25, -0.2) is 0 Å². The predicted octanol–water partition coefficient (Wildman–Crippen LogP) is 2.37. The van der Waals surface area contributed by atoms with Gasteiger partial charge in [0, 0.05) is 10.9 Å². The normalized spacial score (nSPS) is 10.3. The molecule has 2 amide bonds. The van der Waals surface area contributed by atoms with E-state index in [4.69, 9.17) is 0 Å². The van der Waals surface area contributed by atoms with Crippen LogP contribution in [-0.2, 0) is 0 Å². The molecule has 21 heavy (non-hydrogen) atoms. The third kappa shape index (κ3) is 2.90. The third-order valence-electron chi connectivity index (χ3n) is 2.84. The van der Waals surface area contributed by atoms with E-state index < -0.39 is 5.91 Å². The molecule has 0 bridgehead atoms. The molecule has 6 heteroatoms. The summed E-state index contributed by atoms with van der Waals surface area (Å²) in [6.07, 6.45) is 1.52. The van der Waals surface area contributed by atoms with Crippen molar-refractivity contribution in [1.82, 2.24) is 15.8 Å². The van der Waals surface area contributed by atoms with Crippen molar-refractivity contribution < 1.29 is 9.59 Å². The summed E-state index contributed by atoms with van der Waals surface area (Å²) in [6, 6.07) is 14.5. The zero-order valence-corrected chi connectivity index (χ0v) is 11.7. The summed E-state index contributed by atoms with van der Waals surface area (Å²) >= 11 is 1.37. The van der Waals surface area contributed by atoms with Gasteiger partial charge in [-0.2, -0.15) is 0 Å². The number of nitrogens with zero attached hydrogens (tertiary/aromatic N) is 1. The Bertz CT molecular complexity index is 766. The lowest BCUT2D eigenvalue weighted by atomic mass is 10.2. The van der Waals surface area contributed by atoms with E-state index in [0.29, 0.717) is 4.88 Å². The predicted molar refractivity (Wildman–Crippen MR) is 81.0 cm³/mol. The number of benzene rings is 1. The number of amides is 2. The topological polar surface area (TPSA) is 71.1 Å². The molecular formula is C15H11N3O2S. The quantitative estimate of drug-likeness (QED) is 0.713. The van der Waals surface area contributed by atoms with Crippen molar-refractivity contribution in [2.24, 2.45) is 0 Å². The van der Waals surface area contributed by atoms with Crippen molar-refractivity contribution in [3.8, 4) is 0 Å². The number of carbonyl (C=O) groups excluding carboxylic acids is 2. The van der Waals surface area contributed by atoms with Crippen LogP contribution in [0.15, 0.2) is 54.7 Å². The first kappa shape index (κ1) is 13.3. The van der Waals surface area contributed by atoms with Crippen LogP contribution in [0.4, 0.5) is 0 Å². The summed E-state index contributed by atoms with van der Waals surface area (Å²) in [4.78, 5) is 28.2. The number of thiophene rings is 1. The van der Waals surface area contributed by atoms with E-state index in [9.17, 15) is 9.59 Å². The number of hydrogen-bond donors (Lipinski definition) is 2. The van der Waals surface area contributed by atoms with Crippen molar-refractivity contribution in [3.63, 3.8) is 0 Å². The van der Waals surface area contributed by atoms with Gasteiger partial charge in [-0.15, -0.1) is 11.3 Å². The molecule has 0 aliphatic carbocycles. The Morgan fingerprint density at radius 2 is 1.71 bits per heavy atom. The number of fused-ring (bicyclic) bond motifs is 1. The van der Waals surface area contributed by atoms with E-state index in [2.05, 4.69) is 15.8 Å². The van der Waals surface area contributed by atoms with E-state index in [1.165, 1.54) is 17.5 Å². The maximum atomic E-state index is 12.0. The average Bonchev–Trinajstić information content (AvgIpc) is 2.97.